The number of rotatable bonds is 6. The number of ether oxygens (including phenoxy) is 1. The Bertz CT molecular complexity index is 1550. The molecule has 2 aliphatic heterocycles. The smallest absolute Gasteiger partial charge is 0.349 e. The molecule has 0 bridgehead atoms. The van der Waals surface area contributed by atoms with E-state index in [1.807, 2.05) is 0 Å². The van der Waals surface area contributed by atoms with Crippen LogP contribution in [0.5, 0.6) is 0 Å². The topological polar surface area (TPSA) is 193 Å². The van der Waals surface area contributed by atoms with Crippen LogP contribution in [0.25, 0.3) is 0 Å². The van der Waals surface area contributed by atoms with Crippen LogP contribution < -0.4 is 9.80 Å². The summed E-state index contributed by atoms with van der Waals surface area (Å²) in [6, 6.07) is 6.48. The number of nitrogens with zero attached hydrogens (tertiary/aromatic N) is 2. The second-order valence-corrected chi connectivity index (χ2v) is 9.08. The van der Waals surface area contributed by atoms with E-state index in [-0.39, 0.29) is 22.3 Å². The standard InChI is InChI=1S/C28H20N2O11/c1-11-12(2)22(32)29(21(11)31)17-9-5-7-15(25(35)36)19(17)27(39)41-28(40)20-16(26(37)38)8-6-10-18(20)30-23(33)13(3)14(4)24(30)34/h5-10H,1-4H3,(H,35,36)(H,37,38). The van der Waals surface area contributed by atoms with Crippen LogP contribution in [0.15, 0.2) is 58.7 Å². The van der Waals surface area contributed by atoms with Crippen molar-refractivity contribution in [2.24, 2.45) is 0 Å². The third kappa shape index (κ3) is 4.38. The maximum Gasteiger partial charge on any atom is 0.349 e. The number of carbonyl (C=O) groups is 8. The molecule has 0 radical (unpaired) electrons. The van der Waals surface area contributed by atoms with Gasteiger partial charge in [0.25, 0.3) is 23.6 Å². The van der Waals surface area contributed by atoms with Crippen molar-refractivity contribution in [2.75, 3.05) is 9.80 Å². The van der Waals surface area contributed by atoms with Crippen molar-refractivity contribution in [3.8, 4) is 0 Å². The molecule has 208 valence electrons. The Morgan fingerprint density at radius 3 is 1.12 bits per heavy atom. The van der Waals surface area contributed by atoms with Gasteiger partial charge in [0.05, 0.1) is 33.6 Å². The van der Waals surface area contributed by atoms with E-state index in [2.05, 4.69) is 0 Å². The summed E-state index contributed by atoms with van der Waals surface area (Å²) in [6.45, 7) is 5.45. The van der Waals surface area contributed by atoms with Crippen LogP contribution in [0, 0.1) is 0 Å². The third-order valence-corrected chi connectivity index (χ3v) is 6.84. The molecule has 0 fully saturated rings. The summed E-state index contributed by atoms with van der Waals surface area (Å²) in [7, 11) is 0. The maximum absolute atomic E-state index is 13.4. The van der Waals surface area contributed by atoms with Gasteiger partial charge in [-0.15, -0.1) is 0 Å². The molecule has 0 atom stereocenters. The summed E-state index contributed by atoms with van der Waals surface area (Å²) in [5.41, 5.74) is -3.92. The lowest BCUT2D eigenvalue weighted by Crippen LogP contribution is -2.34. The Kier molecular flexibility index (Phi) is 6.98. The van der Waals surface area contributed by atoms with Gasteiger partial charge in [-0.3, -0.25) is 19.2 Å². The van der Waals surface area contributed by atoms with E-state index in [9.17, 15) is 48.6 Å². The van der Waals surface area contributed by atoms with Crippen molar-refractivity contribution in [1.29, 1.82) is 0 Å². The highest BCUT2D eigenvalue weighted by atomic mass is 16.6. The number of esters is 2. The molecule has 2 heterocycles. The summed E-state index contributed by atoms with van der Waals surface area (Å²) in [4.78, 5) is 103. The van der Waals surface area contributed by atoms with Crippen LogP contribution in [0.1, 0.15) is 69.1 Å². The maximum atomic E-state index is 13.4. The molecule has 2 aromatic rings. The minimum Gasteiger partial charge on any atom is -0.478 e. The molecule has 2 aromatic carbocycles. The van der Waals surface area contributed by atoms with Crippen LogP contribution in [0.2, 0.25) is 0 Å². The predicted octanol–water partition coefficient (Wildman–Crippen LogP) is 2.50. The van der Waals surface area contributed by atoms with Crippen LogP contribution in [0.3, 0.4) is 0 Å². The van der Waals surface area contributed by atoms with Crippen LogP contribution >= 0.6 is 0 Å². The Labute approximate surface area is 230 Å². The second-order valence-electron chi connectivity index (χ2n) is 9.08. The zero-order valence-corrected chi connectivity index (χ0v) is 21.9. The average Bonchev–Trinajstić information content (AvgIpc) is 3.24. The Morgan fingerprint density at radius 1 is 0.561 bits per heavy atom. The lowest BCUT2D eigenvalue weighted by atomic mass is 10.0. The summed E-state index contributed by atoms with van der Waals surface area (Å²) in [5.74, 6) is -9.94. The minimum absolute atomic E-state index is 0.0466. The number of carbonyl (C=O) groups excluding carboxylic acids is 6. The van der Waals surface area contributed by atoms with Crippen molar-refractivity contribution >= 4 is 58.9 Å². The molecule has 4 amide bonds. The molecule has 0 unspecified atom stereocenters. The fourth-order valence-corrected chi connectivity index (χ4v) is 4.36. The number of benzene rings is 2. The van der Waals surface area contributed by atoms with E-state index in [1.165, 1.54) is 39.8 Å². The molecule has 0 saturated carbocycles. The summed E-state index contributed by atoms with van der Waals surface area (Å²) in [5, 5.41) is 19.5. The predicted molar refractivity (Wildman–Crippen MR) is 138 cm³/mol. The lowest BCUT2D eigenvalue weighted by molar-refractivity contribution is -0.122. The summed E-state index contributed by atoms with van der Waals surface area (Å²) < 4.78 is 4.92. The van der Waals surface area contributed by atoms with E-state index in [0.29, 0.717) is 9.80 Å². The van der Waals surface area contributed by atoms with Gasteiger partial charge in [-0.25, -0.2) is 29.0 Å². The van der Waals surface area contributed by atoms with Gasteiger partial charge in [0.2, 0.25) is 0 Å². The van der Waals surface area contributed by atoms with Gasteiger partial charge in [0, 0.05) is 22.3 Å². The number of anilines is 2. The van der Waals surface area contributed by atoms with Gasteiger partial charge < -0.3 is 14.9 Å². The average molecular weight is 560 g/mol. The molecule has 2 N–H and O–H groups in total. The molecule has 0 aliphatic carbocycles. The number of imide groups is 2. The minimum atomic E-state index is -1.66. The normalized spacial score (nSPS) is 15.3. The van der Waals surface area contributed by atoms with E-state index >= 15 is 0 Å². The number of amides is 4. The molecular weight excluding hydrogens is 540 g/mol. The van der Waals surface area contributed by atoms with Gasteiger partial charge in [-0.05, 0) is 52.0 Å². The first-order valence-corrected chi connectivity index (χ1v) is 11.8. The lowest BCUT2D eigenvalue weighted by Gasteiger charge is -2.21. The fourth-order valence-electron chi connectivity index (χ4n) is 4.36. The zero-order chi connectivity index (χ0) is 30.5. The molecule has 13 heteroatoms. The first kappa shape index (κ1) is 28.3. The highest BCUT2D eigenvalue weighted by Crippen LogP contribution is 2.34. The van der Waals surface area contributed by atoms with Crippen molar-refractivity contribution in [3.05, 3.63) is 80.9 Å². The SMILES string of the molecule is CC1=C(C)C(=O)N(c2cccc(C(=O)O)c2C(=O)OC(=O)c2c(C(=O)O)cccc2N2C(=O)C(C)=C(C)C2=O)C1=O. The van der Waals surface area contributed by atoms with Crippen LogP contribution in [-0.4, -0.2) is 57.7 Å². The van der Waals surface area contributed by atoms with E-state index in [0.717, 1.165) is 24.3 Å². The molecular formula is C28H20N2O11. The van der Waals surface area contributed by atoms with Crippen LogP contribution in [-0.2, 0) is 23.9 Å². The largest absolute Gasteiger partial charge is 0.478 e. The first-order valence-electron chi connectivity index (χ1n) is 11.8. The molecule has 0 spiro atoms. The zero-order valence-electron chi connectivity index (χ0n) is 21.9. The van der Waals surface area contributed by atoms with Crippen molar-refractivity contribution < 1.29 is 53.3 Å². The van der Waals surface area contributed by atoms with Crippen LogP contribution in [0.4, 0.5) is 11.4 Å². The Balaban J connectivity index is 1.83. The highest BCUT2D eigenvalue weighted by Gasteiger charge is 2.41. The molecule has 41 heavy (non-hydrogen) atoms. The van der Waals surface area contributed by atoms with Crippen molar-refractivity contribution in [3.63, 3.8) is 0 Å². The molecule has 0 aromatic heterocycles. The molecule has 0 saturated heterocycles. The number of hydrogen-bond donors (Lipinski definition) is 2. The molecule has 4 rings (SSSR count). The first-order chi connectivity index (χ1) is 19.2. The van der Waals surface area contributed by atoms with Gasteiger partial charge in [0.1, 0.15) is 0 Å². The number of carboxylic acid groups (broad SMARTS) is 2. The summed E-state index contributed by atoms with van der Waals surface area (Å²) >= 11 is 0. The van der Waals surface area contributed by atoms with E-state index in [1.54, 1.807) is 0 Å². The quantitative estimate of drug-likeness (QED) is 0.299. The fraction of sp³-hybridized carbons (Fsp3) is 0.143. The van der Waals surface area contributed by atoms with Gasteiger partial charge in [-0.2, -0.15) is 0 Å². The molecule has 2 aliphatic rings. The van der Waals surface area contributed by atoms with Gasteiger partial charge in [0.15, 0.2) is 0 Å². The third-order valence-electron chi connectivity index (χ3n) is 6.84. The highest BCUT2D eigenvalue weighted by molar-refractivity contribution is 6.35. The Hall–Kier alpha value is -5.72. The van der Waals surface area contributed by atoms with E-state index in [4.69, 9.17) is 4.74 Å². The van der Waals surface area contributed by atoms with Crippen molar-refractivity contribution in [1.82, 2.24) is 0 Å². The van der Waals surface area contributed by atoms with Gasteiger partial charge in [-0.1, -0.05) is 12.1 Å². The summed E-state index contributed by atoms with van der Waals surface area (Å²) in [6.07, 6.45) is 0. The molecule has 13 nitrogen and oxygen atoms in total. The second kappa shape index (κ2) is 10.1. The Morgan fingerprint density at radius 2 is 0.854 bits per heavy atom. The number of hydrogen-bond acceptors (Lipinski definition) is 9. The number of aromatic carboxylic acids is 2. The number of carboxylic acids is 2. The van der Waals surface area contributed by atoms with Crippen molar-refractivity contribution in [2.45, 2.75) is 27.7 Å². The van der Waals surface area contributed by atoms with E-state index < -0.39 is 81.1 Å². The monoisotopic (exact) mass is 560 g/mol. The van der Waals surface area contributed by atoms with Gasteiger partial charge >= 0.3 is 23.9 Å².